The number of ether oxygens (including phenoxy) is 1. The summed E-state index contributed by atoms with van der Waals surface area (Å²) in [7, 11) is 1.41. The van der Waals surface area contributed by atoms with Gasteiger partial charge in [0.2, 0.25) is 5.88 Å². The second-order valence-corrected chi connectivity index (χ2v) is 6.83. The third kappa shape index (κ3) is 4.99. The molecule has 0 saturated heterocycles. The maximum Gasteiger partial charge on any atom is 0.416 e. The van der Waals surface area contributed by atoms with Gasteiger partial charge >= 0.3 is 13.7 Å². The van der Waals surface area contributed by atoms with Crippen molar-refractivity contribution in [3.8, 4) is 11.6 Å². The van der Waals surface area contributed by atoms with Crippen LogP contribution in [0.5, 0.6) is 11.6 Å². The van der Waals surface area contributed by atoms with Gasteiger partial charge in [0.25, 0.3) is 0 Å². The molecule has 4 nitrogen and oxygen atoms in total. The van der Waals surface area contributed by atoms with Crippen LogP contribution in [0.4, 0.5) is 13.2 Å². The molecule has 0 fully saturated rings. The second-order valence-electron chi connectivity index (χ2n) is 6.83. The summed E-state index contributed by atoms with van der Waals surface area (Å²) in [5, 5.41) is 10.1. The Bertz CT molecular complexity index is 741. The number of halogens is 3. The van der Waals surface area contributed by atoms with Crippen LogP contribution in [0.3, 0.4) is 0 Å². The summed E-state index contributed by atoms with van der Waals surface area (Å²) in [6.45, 7) is 6.72. The van der Waals surface area contributed by atoms with Crippen LogP contribution in [0.2, 0.25) is 0 Å². The molecule has 0 unspecified atom stereocenters. The Balaban J connectivity index is 2.14. The predicted molar refractivity (Wildman–Crippen MR) is 92.6 cm³/mol. The molecule has 1 aromatic carbocycles. The zero-order valence-electron chi connectivity index (χ0n) is 15.0. The lowest BCUT2D eigenvalue weighted by Gasteiger charge is -2.37. The van der Waals surface area contributed by atoms with Crippen molar-refractivity contribution in [2.24, 2.45) is 0 Å². The van der Waals surface area contributed by atoms with Crippen molar-refractivity contribution in [3.63, 3.8) is 0 Å². The Labute approximate surface area is 151 Å². The van der Waals surface area contributed by atoms with E-state index in [1.807, 2.05) is 0 Å². The molecular formula is C18H20BF3NO3. The molecule has 1 heterocycles. The number of pyridine rings is 1. The molecule has 2 aromatic rings. The minimum atomic E-state index is -4.40. The summed E-state index contributed by atoms with van der Waals surface area (Å²) in [5.74, 6) is 0.395. The lowest BCUT2D eigenvalue weighted by molar-refractivity contribution is -0.137. The van der Waals surface area contributed by atoms with Gasteiger partial charge < -0.3 is 14.5 Å². The molecule has 1 aromatic heterocycles. The van der Waals surface area contributed by atoms with Crippen molar-refractivity contribution in [2.45, 2.75) is 45.1 Å². The van der Waals surface area contributed by atoms with Crippen molar-refractivity contribution < 1.29 is 27.7 Å². The maximum atomic E-state index is 12.6. The summed E-state index contributed by atoms with van der Waals surface area (Å²) in [6.07, 6.45) is -2.91. The van der Waals surface area contributed by atoms with Gasteiger partial charge in [0.05, 0.1) is 16.8 Å². The molecule has 26 heavy (non-hydrogen) atoms. The van der Waals surface area contributed by atoms with E-state index >= 15 is 0 Å². The number of aromatic nitrogens is 1. The van der Waals surface area contributed by atoms with Crippen LogP contribution in [-0.2, 0) is 10.8 Å². The molecule has 8 heteroatoms. The first-order chi connectivity index (χ1) is 11.9. The quantitative estimate of drug-likeness (QED) is 0.793. The zero-order valence-corrected chi connectivity index (χ0v) is 15.0. The Hall–Kier alpha value is -2.06. The van der Waals surface area contributed by atoms with Crippen molar-refractivity contribution in [2.75, 3.05) is 0 Å². The van der Waals surface area contributed by atoms with Crippen molar-refractivity contribution in [3.05, 3.63) is 48.2 Å². The third-order valence-electron chi connectivity index (χ3n) is 4.15. The highest BCUT2D eigenvalue weighted by Crippen LogP contribution is 2.31. The molecule has 0 amide bonds. The van der Waals surface area contributed by atoms with Gasteiger partial charge in [0.15, 0.2) is 0 Å². The fourth-order valence-corrected chi connectivity index (χ4v) is 1.76. The SMILES string of the molecule is CC(C)(O)C(C)(C)O[B]c1cccnc1Oc1ccc(C(F)(F)F)cc1. The molecule has 2 rings (SSSR count). The topological polar surface area (TPSA) is 51.6 Å². The number of alkyl halides is 3. The highest BCUT2D eigenvalue weighted by molar-refractivity contribution is 6.48. The van der Waals surface area contributed by atoms with Crippen LogP contribution >= 0.6 is 0 Å². The number of hydrogen-bond acceptors (Lipinski definition) is 4. The third-order valence-corrected chi connectivity index (χ3v) is 4.15. The van der Waals surface area contributed by atoms with Crippen molar-refractivity contribution in [1.82, 2.24) is 4.98 Å². The fourth-order valence-electron chi connectivity index (χ4n) is 1.76. The van der Waals surface area contributed by atoms with Gasteiger partial charge in [-0.25, -0.2) is 4.98 Å². The molecule has 139 valence electrons. The first-order valence-corrected chi connectivity index (χ1v) is 7.94. The van der Waals surface area contributed by atoms with Gasteiger partial charge in [-0.1, -0.05) is 6.07 Å². The Morgan fingerprint density at radius 1 is 1.00 bits per heavy atom. The van der Waals surface area contributed by atoms with Crippen LogP contribution in [0.25, 0.3) is 0 Å². The zero-order chi connectivity index (χ0) is 19.6. The second kappa shape index (κ2) is 7.29. The number of benzene rings is 1. The minimum absolute atomic E-state index is 0.179. The van der Waals surface area contributed by atoms with Crippen LogP contribution in [-0.4, -0.2) is 28.8 Å². The first kappa shape index (κ1) is 20.3. The van der Waals surface area contributed by atoms with E-state index in [9.17, 15) is 18.3 Å². The van der Waals surface area contributed by atoms with Gasteiger partial charge in [0.1, 0.15) is 5.75 Å². The average Bonchev–Trinajstić information content (AvgIpc) is 2.53. The van der Waals surface area contributed by atoms with E-state index < -0.39 is 22.9 Å². The molecular weight excluding hydrogens is 346 g/mol. The van der Waals surface area contributed by atoms with Gasteiger partial charge in [-0.2, -0.15) is 13.2 Å². The molecule has 0 aliphatic rings. The van der Waals surface area contributed by atoms with E-state index in [0.717, 1.165) is 12.1 Å². The summed E-state index contributed by atoms with van der Waals surface area (Å²) in [6, 6.07) is 7.69. The lowest BCUT2D eigenvalue weighted by Crippen LogP contribution is -2.49. The van der Waals surface area contributed by atoms with Crippen molar-refractivity contribution in [1.29, 1.82) is 0 Å². The average molecular weight is 366 g/mol. The van der Waals surface area contributed by atoms with Crippen LogP contribution in [0, 0.1) is 0 Å². The summed E-state index contributed by atoms with van der Waals surface area (Å²) in [4.78, 5) is 4.09. The molecule has 1 N–H and O–H groups in total. The molecule has 0 bridgehead atoms. The van der Waals surface area contributed by atoms with E-state index in [0.29, 0.717) is 5.46 Å². The molecule has 1 radical (unpaired) electrons. The van der Waals surface area contributed by atoms with E-state index in [1.54, 1.807) is 39.8 Å². The smallest absolute Gasteiger partial charge is 0.416 e. The molecule has 0 spiro atoms. The highest BCUT2D eigenvalue weighted by atomic mass is 19.4. The largest absolute Gasteiger partial charge is 0.440 e. The molecule has 0 saturated carbocycles. The number of rotatable bonds is 6. The fraction of sp³-hybridized carbons (Fsp3) is 0.389. The highest BCUT2D eigenvalue weighted by Gasteiger charge is 2.36. The van der Waals surface area contributed by atoms with E-state index in [1.165, 1.54) is 25.8 Å². The lowest BCUT2D eigenvalue weighted by atomic mass is 9.83. The Morgan fingerprint density at radius 2 is 1.62 bits per heavy atom. The monoisotopic (exact) mass is 366 g/mol. The standard InChI is InChI=1S/C18H20BF3NO3/c1-16(2,24)17(3,4)26-19-14-6-5-11-23-15(14)25-13-9-7-12(8-10-13)18(20,21)22/h5-11,24H,1-4H3. The van der Waals surface area contributed by atoms with Gasteiger partial charge in [-0.05, 0) is 58.0 Å². The van der Waals surface area contributed by atoms with Crippen molar-refractivity contribution >= 4 is 12.9 Å². The van der Waals surface area contributed by atoms with E-state index in [4.69, 9.17) is 9.39 Å². The summed E-state index contributed by atoms with van der Waals surface area (Å²) in [5.41, 5.74) is -2.24. The Kier molecular flexibility index (Phi) is 5.68. The number of aliphatic hydroxyl groups is 1. The van der Waals surface area contributed by atoms with Gasteiger partial charge in [-0.15, -0.1) is 0 Å². The van der Waals surface area contributed by atoms with E-state index in [2.05, 4.69) is 4.98 Å². The molecule has 0 aliphatic heterocycles. The van der Waals surface area contributed by atoms with Crippen LogP contribution in [0.1, 0.15) is 33.3 Å². The number of hydrogen-bond donors (Lipinski definition) is 1. The Morgan fingerprint density at radius 3 is 2.15 bits per heavy atom. The first-order valence-electron chi connectivity index (χ1n) is 7.94. The normalized spacial score (nSPS) is 12.8. The summed E-state index contributed by atoms with van der Waals surface area (Å²) >= 11 is 0. The molecule has 0 atom stereocenters. The van der Waals surface area contributed by atoms with E-state index in [-0.39, 0.29) is 11.6 Å². The molecule has 0 aliphatic carbocycles. The van der Waals surface area contributed by atoms with Crippen LogP contribution < -0.4 is 10.2 Å². The summed E-state index contributed by atoms with van der Waals surface area (Å²) < 4.78 is 49.1. The maximum absolute atomic E-state index is 12.6. The number of nitrogens with zero attached hydrogens (tertiary/aromatic N) is 1. The van der Waals surface area contributed by atoms with Gasteiger partial charge in [-0.3, -0.25) is 0 Å². The van der Waals surface area contributed by atoms with Crippen LogP contribution in [0.15, 0.2) is 42.6 Å². The minimum Gasteiger partial charge on any atom is -0.440 e. The van der Waals surface area contributed by atoms with Gasteiger partial charge in [0, 0.05) is 11.7 Å². The predicted octanol–water partition coefficient (Wildman–Crippen LogP) is 3.70.